The van der Waals surface area contributed by atoms with Crippen LogP contribution in [-0.4, -0.2) is 20.6 Å². The van der Waals surface area contributed by atoms with E-state index in [1.165, 1.54) is 0 Å². The van der Waals surface area contributed by atoms with Crippen molar-refractivity contribution in [2.24, 2.45) is 4.36 Å². The highest BCUT2D eigenvalue weighted by molar-refractivity contribution is 7.92. The van der Waals surface area contributed by atoms with Crippen molar-refractivity contribution in [3.8, 4) is 11.4 Å². The van der Waals surface area contributed by atoms with E-state index in [2.05, 4.69) is 14.5 Å². The van der Waals surface area contributed by atoms with Gasteiger partial charge in [-0.15, -0.1) is 0 Å². The Bertz CT molecular complexity index is 968. The molecule has 0 aliphatic rings. The molecule has 3 rings (SSSR count). The van der Waals surface area contributed by atoms with Gasteiger partial charge in [0, 0.05) is 18.7 Å². The van der Waals surface area contributed by atoms with Crippen molar-refractivity contribution in [1.29, 1.82) is 0 Å². The summed E-state index contributed by atoms with van der Waals surface area (Å²) < 4.78 is 22.2. The van der Waals surface area contributed by atoms with Crippen LogP contribution in [0.3, 0.4) is 0 Å². The zero-order valence-corrected chi connectivity index (χ0v) is 14.7. The highest BCUT2D eigenvalue weighted by atomic mass is 32.2. The Hall–Kier alpha value is -2.47. The molecule has 0 N–H and O–H groups in total. The summed E-state index contributed by atoms with van der Waals surface area (Å²) in [5.41, 5.74) is 3.71. The Morgan fingerprint density at radius 2 is 1.79 bits per heavy atom. The summed E-state index contributed by atoms with van der Waals surface area (Å²) in [6.07, 6.45) is 1.69. The van der Waals surface area contributed by atoms with E-state index in [1.807, 2.05) is 55.5 Å². The van der Waals surface area contributed by atoms with Gasteiger partial charge in [0.05, 0.1) is 21.2 Å². The molecule has 0 aliphatic heterocycles. The number of aryl methyl sites for hydroxylation is 2. The van der Waals surface area contributed by atoms with E-state index < -0.39 is 9.73 Å². The number of nitrogens with zero attached hydrogens (tertiary/aromatic N) is 3. The Kier molecular flexibility index (Phi) is 4.49. The van der Waals surface area contributed by atoms with Gasteiger partial charge in [0.1, 0.15) is 0 Å². The normalized spacial score (nSPS) is 13.5. The van der Waals surface area contributed by atoms with Gasteiger partial charge in [0.15, 0.2) is 0 Å². The highest BCUT2D eigenvalue weighted by Crippen LogP contribution is 2.22. The third kappa shape index (κ3) is 3.89. The Balaban J connectivity index is 1.84. The van der Waals surface area contributed by atoms with Crippen molar-refractivity contribution in [2.45, 2.75) is 19.6 Å². The smallest absolute Gasteiger partial charge is 0.223 e. The van der Waals surface area contributed by atoms with Gasteiger partial charge in [0.2, 0.25) is 11.7 Å². The van der Waals surface area contributed by atoms with Gasteiger partial charge < -0.3 is 4.52 Å². The predicted molar refractivity (Wildman–Crippen MR) is 95.5 cm³/mol. The van der Waals surface area contributed by atoms with Crippen molar-refractivity contribution < 1.29 is 8.73 Å². The second-order valence-corrected chi connectivity index (χ2v) is 8.20. The Morgan fingerprint density at radius 3 is 2.42 bits per heavy atom. The molecule has 0 spiro atoms. The minimum Gasteiger partial charge on any atom is -0.339 e. The molecule has 0 fully saturated rings. The van der Waals surface area contributed by atoms with Crippen LogP contribution in [0.25, 0.3) is 11.4 Å². The summed E-state index contributed by atoms with van der Waals surface area (Å²) in [7, 11) is -2.36. The van der Waals surface area contributed by atoms with Crippen LogP contribution >= 0.6 is 0 Å². The quantitative estimate of drug-likeness (QED) is 0.710. The molecular formula is C18H19N3O2S. The van der Waals surface area contributed by atoms with Crippen LogP contribution in [0.4, 0.5) is 5.69 Å². The second-order valence-electron chi connectivity index (χ2n) is 5.81. The van der Waals surface area contributed by atoms with Crippen LogP contribution in [0, 0.1) is 13.8 Å². The van der Waals surface area contributed by atoms with E-state index in [-0.39, 0.29) is 0 Å². The highest BCUT2D eigenvalue weighted by Gasteiger charge is 2.08. The molecule has 1 heterocycles. The molecular weight excluding hydrogens is 322 g/mol. The Labute approximate surface area is 141 Å². The summed E-state index contributed by atoms with van der Waals surface area (Å²) in [6, 6.07) is 15.3. The maximum atomic E-state index is 12.8. The first kappa shape index (κ1) is 16.4. The average molecular weight is 341 g/mol. The number of hydrogen-bond donors (Lipinski definition) is 0. The standard InChI is InChI=1S/C18H19N3O2S/c1-13-6-4-5-7-16(13)12-24(3,22)21-17-10-8-15(9-11-17)18-19-14(2)23-20-18/h4-11H,12H2,1-3H3. The van der Waals surface area contributed by atoms with Gasteiger partial charge in [-0.2, -0.15) is 9.35 Å². The summed E-state index contributed by atoms with van der Waals surface area (Å²) in [6.45, 7) is 3.77. The van der Waals surface area contributed by atoms with Crippen LogP contribution in [-0.2, 0) is 15.5 Å². The van der Waals surface area contributed by atoms with Gasteiger partial charge >= 0.3 is 0 Å². The predicted octanol–water partition coefficient (Wildman–Crippen LogP) is 4.28. The molecule has 1 atom stereocenters. The van der Waals surface area contributed by atoms with Crippen LogP contribution in [0.15, 0.2) is 57.4 Å². The Morgan fingerprint density at radius 1 is 1.08 bits per heavy atom. The topological polar surface area (TPSA) is 68.3 Å². The molecule has 0 aliphatic carbocycles. The largest absolute Gasteiger partial charge is 0.339 e. The summed E-state index contributed by atoms with van der Waals surface area (Å²) in [4.78, 5) is 4.19. The van der Waals surface area contributed by atoms with Crippen molar-refractivity contribution in [3.05, 3.63) is 65.5 Å². The molecule has 6 heteroatoms. The van der Waals surface area contributed by atoms with Crippen molar-refractivity contribution in [2.75, 3.05) is 6.26 Å². The third-order valence-corrected chi connectivity index (χ3v) is 5.08. The molecule has 0 radical (unpaired) electrons. The summed E-state index contributed by atoms with van der Waals surface area (Å²) >= 11 is 0. The lowest BCUT2D eigenvalue weighted by Gasteiger charge is -2.07. The van der Waals surface area contributed by atoms with Gasteiger partial charge in [0.25, 0.3) is 0 Å². The average Bonchev–Trinajstić information content (AvgIpc) is 2.96. The van der Waals surface area contributed by atoms with Crippen LogP contribution in [0.1, 0.15) is 17.0 Å². The molecule has 24 heavy (non-hydrogen) atoms. The molecule has 0 saturated carbocycles. The number of benzene rings is 2. The molecule has 5 nitrogen and oxygen atoms in total. The molecule has 0 bridgehead atoms. The number of hydrogen-bond acceptors (Lipinski definition) is 5. The molecule has 1 aromatic heterocycles. The molecule has 1 unspecified atom stereocenters. The lowest BCUT2D eigenvalue weighted by atomic mass is 10.1. The fraction of sp³-hybridized carbons (Fsp3) is 0.222. The first-order chi connectivity index (χ1) is 11.4. The summed E-state index contributed by atoms with van der Waals surface area (Å²) in [5.74, 6) is 1.50. The molecule has 3 aromatic rings. The van der Waals surface area contributed by atoms with Gasteiger partial charge in [-0.1, -0.05) is 29.4 Å². The van der Waals surface area contributed by atoms with E-state index in [9.17, 15) is 4.21 Å². The van der Waals surface area contributed by atoms with Crippen LogP contribution in [0.5, 0.6) is 0 Å². The number of aromatic nitrogens is 2. The maximum absolute atomic E-state index is 12.8. The molecule has 0 saturated heterocycles. The monoisotopic (exact) mass is 341 g/mol. The molecule has 0 amide bonds. The SMILES string of the molecule is Cc1nc(-c2ccc(N=S(C)(=O)Cc3ccccc3C)cc2)no1. The fourth-order valence-corrected chi connectivity index (χ4v) is 3.94. The lowest BCUT2D eigenvalue weighted by molar-refractivity contribution is 0.394. The van der Waals surface area contributed by atoms with Crippen molar-refractivity contribution >= 4 is 15.4 Å². The maximum Gasteiger partial charge on any atom is 0.223 e. The van der Waals surface area contributed by atoms with Gasteiger partial charge in [-0.3, -0.25) is 0 Å². The molecule has 2 aromatic carbocycles. The van der Waals surface area contributed by atoms with E-state index in [4.69, 9.17) is 4.52 Å². The van der Waals surface area contributed by atoms with Gasteiger partial charge in [-0.05, 0) is 42.3 Å². The van der Waals surface area contributed by atoms with Crippen molar-refractivity contribution in [3.63, 3.8) is 0 Å². The van der Waals surface area contributed by atoms with Crippen molar-refractivity contribution in [1.82, 2.24) is 10.1 Å². The lowest BCUT2D eigenvalue weighted by Crippen LogP contribution is -2.02. The van der Waals surface area contributed by atoms with Crippen LogP contribution < -0.4 is 0 Å². The first-order valence-electron chi connectivity index (χ1n) is 7.58. The second kappa shape index (κ2) is 6.57. The minimum atomic E-state index is -2.36. The zero-order chi connectivity index (χ0) is 17.2. The first-order valence-corrected chi connectivity index (χ1v) is 9.67. The van der Waals surface area contributed by atoms with Gasteiger partial charge in [-0.25, -0.2) is 4.21 Å². The van der Waals surface area contributed by atoms with E-state index in [0.29, 0.717) is 23.2 Å². The third-order valence-electron chi connectivity index (χ3n) is 3.64. The van der Waals surface area contributed by atoms with E-state index in [1.54, 1.807) is 13.2 Å². The molecule has 124 valence electrons. The van der Waals surface area contributed by atoms with E-state index in [0.717, 1.165) is 16.7 Å². The summed E-state index contributed by atoms with van der Waals surface area (Å²) in [5, 5.41) is 3.88. The zero-order valence-electron chi connectivity index (χ0n) is 13.9. The van der Waals surface area contributed by atoms with Crippen LogP contribution in [0.2, 0.25) is 0 Å². The minimum absolute atomic E-state index is 0.436. The van der Waals surface area contributed by atoms with E-state index >= 15 is 0 Å². The number of rotatable bonds is 4. The fourth-order valence-electron chi connectivity index (χ4n) is 2.40.